The van der Waals surface area contributed by atoms with Crippen LogP contribution in [0.1, 0.15) is 26.2 Å². The molecule has 1 heterocycles. The lowest BCUT2D eigenvalue weighted by Gasteiger charge is -2.20. The first-order valence-corrected chi connectivity index (χ1v) is 3.96. The van der Waals surface area contributed by atoms with E-state index in [1.807, 2.05) is 0 Å². The van der Waals surface area contributed by atoms with Gasteiger partial charge in [-0.1, -0.05) is 0 Å². The van der Waals surface area contributed by atoms with Crippen LogP contribution in [0.15, 0.2) is 0 Å². The van der Waals surface area contributed by atoms with Crippen molar-refractivity contribution in [2.75, 3.05) is 13.2 Å². The fourth-order valence-corrected chi connectivity index (χ4v) is 1.30. The number of ether oxygens (including phenoxy) is 1. The number of rotatable bonds is 1. The quantitative estimate of drug-likeness (QED) is 0.625. The Morgan fingerprint density at radius 3 is 2.82 bits per heavy atom. The van der Waals surface area contributed by atoms with Gasteiger partial charge in [-0.2, -0.15) is 0 Å². The number of hydrogen-bond donors (Lipinski definition) is 1. The van der Waals surface area contributed by atoms with Crippen LogP contribution in [0.5, 0.6) is 0 Å². The van der Waals surface area contributed by atoms with Crippen molar-refractivity contribution in [2.45, 2.75) is 26.2 Å². The van der Waals surface area contributed by atoms with Crippen molar-refractivity contribution in [3.05, 3.63) is 0 Å². The molecule has 0 amide bonds. The van der Waals surface area contributed by atoms with Crippen LogP contribution < -0.4 is 0 Å². The fraction of sp³-hybridized carbons (Fsp3) is 0.875. The number of carboxylic acids is 1. The monoisotopic (exact) mass is 158 g/mol. The van der Waals surface area contributed by atoms with Gasteiger partial charge in [0.2, 0.25) is 0 Å². The van der Waals surface area contributed by atoms with E-state index in [0.717, 1.165) is 12.8 Å². The lowest BCUT2D eigenvalue weighted by atomic mass is 9.83. The Kier molecular flexibility index (Phi) is 2.49. The lowest BCUT2D eigenvalue weighted by Crippen LogP contribution is -2.27. The van der Waals surface area contributed by atoms with E-state index < -0.39 is 11.4 Å². The van der Waals surface area contributed by atoms with E-state index >= 15 is 0 Å². The Hall–Kier alpha value is -0.570. The second-order valence-corrected chi connectivity index (χ2v) is 3.33. The molecule has 0 aromatic carbocycles. The van der Waals surface area contributed by atoms with E-state index in [1.165, 1.54) is 0 Å². The molecule has 1 aliphatic rings. The van der Waals surface area contributed by atoms with E-state index in [-0.39, 0.29) is 0 Å². The Morgan fingerprint density at radius 1 is 1.45 bits per heavy atom. The summed E-state index contributed by atoms with van der Waals surface area (Å²) in [4.78, 5) is 10.8. The summed E-state index contributed by atoms with van der Waals surface area (Å²) >= 11 is 0. The van der Waals surface area contributed by atoms with Gasteiger partial charge in [0.25, 0.3) is 0 Å². The zero-order chi connectivity index (χ0) is 8.32. The summed E-state index contributed by atoms with van der Waals surface area (Å²) in [5.74, 6) is -0.692. The van der Waals surface area contributed by atoms with Gasteiger partial charge in [0.1, 0.15) is 0 Å². The Morgan fingerprint density at radius 2 is 2.18 bits per heavy atom. The largest absolute Gasteiger partial charge is 0.481 e. The highest BCUT2D eigenvalue weighted by atomic mass is 16.5. The predicted octanol–water partition coefficient (Wildman–Crippen LogP) is 1.28. The van der Waals surface area contributed by atoms with Crippen molar-refractivity contribution in [3.63, 3.8) is 0 Å². The van der Waals surface area contributed by atoms with Gasteiger partial charge in [0, 0.05) is 13.2 Å². The topological polar surface area (TPSA) is 46.5 Å². The standard InChI is InChI=1S/C8H14O3/c1-8(7(9)10)3-2-5-11-6-4-8/h2-6H2,1H3,(H,9,10). The molecular weight excluding hydrogens is 144 g/mol. The lowest BCUT2D eigenvalue weighted by molar-refractivity contribution is -0.148. The smallest absolute Gasteiger partial charge is 0.309 e. The van der Waals surface area contributed by atoms with Gasteiger partial charge in [-0.15, -0.1) is 0 Å². The van der Waals surface area contributed by atoms with Crippen LogP contribution in [-0.4, -0.2) is 24.3 Å². The molecule has 1 atom stereocenters. The summed E-state index contributed by atoms with van der Waals surface area (Å²) in [6, 6.07) is 0. The summed E-state index contributed by atoms with van der Waals surface area (Å²) in [5, 5.41) is 8.87. The molecule has 0 radical (unpaired) electrons. The van der Waals surface area contributed by atoms with Crippen molar-refractivity contribution in [2.24, 2.45) is 5.41 Å². The maximum Gasteiger partial charge on any atom is 0.309 e. The molecule has 0 spiro atoms. The molecule has 1 unspecified atom stereocenters. The maximum absolute atomic E-state index is 10.8. The van der Waals surface area contributed by atoms with Crippen LogP contribution in [-0.2, 0) is 9.53 Å². The van der Waals surface area contributed by atoms with Crippen LogP contribution in [0.4, 0.5) is 0 Å². The summed E-state index contributed by atoms with van der Waals surface area (Å²) in [5.41, 5.74) is -0.545. The highest BCUT2D eigenvalue weighted by Crippen LogP contribution is 2.29. The van der Waals surface area contributed by atoms with Gasteiger partial charge in [0.15, 0.2) is 0 Å². The summed E-state index contributed by atoms with van der Waals surface area (Å²) in [6.07, 6.45) is 2.24. The fourth-order valence-electron chi connectivity index (χ4n) is 1.30. The summed E-state index contributed by atoms with van der Waals surface area (Å²) in [7, 11) is 0. The highest BCUT2D eigenvalue weighted by Gasteiger charge is 2.33. The highest BCUT2D eigenvalue weighted by molar-refractivity contribution is 5.74. The van der Waals surface area contributed by atoms with Gasteiger partial charge < -0.3 is 9.84 Å². The second-order valence-electron chi connectivity index (χ2n) is 3.33. The molecule has 1 aliphatic heterocycles. The summed E-state index contributed by atoms with van der Waals surface area (Å²) < 4.78 is 5.18. The molecular formula is C8H14O3. The molecule has 3 nitrogen and oxygen atoms in total. The first-order chi connectivity index (χ1) is 5.15. The third-order valence-electron chi connectivity index (χ3n) is 2.33. The van der Waals surface area contributed by atoms with E-state index in [0.29, 0.717) is 19.6 Å². The first-order valence-electron chi connectivity index (χ1n) is 3.96. The Balaban J connectivity index is 2.59. The second kappa shape index (κ2) is 3.22. The van der Waals surface area contributed by atoms with E-state index in [9.17, 15) is 4.79 Å². The van der Waals surface area contributed by atoms with Crippen LogP contribution in [0.2, 0.25) is 0 Å². The third-order valence-corrected chi connectivity index (χ3v) is 2.33. The van der Waals surface area contributed by atoms with Gasteiger partial charge in [0.05, 0.1) is 5.41 Å². The molecule has 0 aromatic heterocycles. The zero-order valence-corrected chi connectivity index (χ0v) is 6.80. The van der Waals surface area contributed by atoms with E-state index in [1.54, 1.807) is 6.92 Å². The van der Waals surface area contributed by atoms with Crippen molar-refractivity contribution >= 4 is 5.97 Å². The molecule has 1 fully saturated rings. The molecule has 0 bridgehead atoms. The van der Waals surface area contributed by atoms with Gasteiger partial charge in [-0.25, -0.2) is 0 Å². The third kappa shape index (κ3) is 1.93. The minimum atomic E-state index is -0.692. The van der Waals surface area contributed by atoms with Crippen molar-refractivity contribution < 1.29 is 14.6 Å². The number of aliphatic carboxylic acids is 1. The Labute approximate surface area is 66.4 Å². The van der Waals surface area contributed by atoms with Crippen LogP contribution >= 0.6 is 0 Å². The molecule has 3 heteroatoms. The predicted molar refractivity (Wildman–Crippen MR) is 40.4 cm³/mol. The normalized spacial score (nSPS) is 32.8. The zero-order valence-electron chi connectivity index (χ0n) is 6.80. The number of hydrogen-bond acceptors (Lipinski definition) is 2. The van der Waals surface area contributed by atoms with Crippen molar-refractivity contribution in [3.8, 4) is 0 Å². The number of carboxylic acid groups (broad SMARTS) is 1. The molecule has 1 rings (SSSR count). The van der Waals surface area contributed by atoms with E-state index in [2.05, 4.69) is 0 Å². The van der Waals surface area contributed by atoms with Crippen molar-refractivity contribution in [1.82, 2.24) is 0 Å². The Bertz CT molecular complexity index is 145. The van der Waals surface area contributed by atoms with Gasteiger partial charge in [-0.3, -0.25) is 4.79 Å². The van der Waals surface area contributed by atoms with Crippen LogP contribution in [0, 0.1) is 5.41 Å². The van der Waals surface area contributed by atoms with Gasteiger partial charge in [-0.05, 0) is 26.2 Å². The number of carbonyl (C=O) groups is 1. The molecule has 1 saturated heterocycles. The average molecular weight is 158 g/mol. The molecule has 0 aliphatic carbocycles. The van der Waals surface area contributed by atoms with Crippen LogP contribution in [0.3, 0.4) is 0 Å². The van der Waals surface area contributed by atoms with E-state index in [4.69, 9.17) is 9.84 Å². The van der Waals surface area contributed by atoms with Gasteiger partial charge >= 0.3 is 5.97 Å². The summed E-state index contributed by atoms with van der Waals surface area (Å²) in [6.45, 7) is 3.09. The SMILES string of the molecule is CC1(C(=O)O)CCCOCC1. The van der Waals surface area contributed by atoms with Crippen LogP contribution in [0.25, 0.3) is 0 Å². The minimum absolute atomic E-state index is 0.545. The molecule has 1 N–H and O–H groups in total. The molecule has 64 valence electrons. The molecule has 11 heavy (non-hydrogen) atoms. The molecule has 0 aromatic rings. The average Bonchev–Trinajstić information content (AvgIpc) is 2.15. The van der Waals surface area contributed by atoms with Crippen molar-refractivity contribution in [1.29, 1.82) is 0 Å². The first kappa shape index (κ1) is 8.53. The minimum Gasteiger partial charge on any atom is -0.481 e. The molecule has 0 saturated carbocycles. The maximum atomic E-state index is 10.8.